The number of benzene rings is 2. The first kappa shape index (κ1) is 23.6. The van der Waals surface area contributed by atoms with Crippen LogP contribution in [0.4, 0.5) is 5.69 Å². The van der Waals surface area contributed by atoms with Gasteiger partial charge < -0.3 is 19.2 Å². The number of furan rings is 1. The van der Waals surface area contributed by atoms with Gasteiger partial charge in [0.2, 0.25) is 5.91 Å². The number of carbonyl (C=O) groups is 2. The number of aromatic nitrogens is 1. The van der Waals surface area contributed by atoms with Crippen LogP contribution in [0, 0.1) is 13.8 Å². The van der Waals surface area contributed by atoms with Crippen LogP contribution in [0.15, 0.2) is 77.2 Å². The van der Waals surface area contributed by atoms with Crippen molar-refractivity contribution in [2.75, 3.05) is 11.9 Å². The smallest absolute Gasteiger partial charge is 0.281 e. The predicted molar refractivity (Wildman–Crippen MR) is 144 cm³/mol. The first-order valence-electron chi connectivity index (χ1n) is 11.6. The number of thiocarbonyl (C=S) groups is 1. The highest BCUT2D eigenvalue weighted by molar-refractivity contribution is 7.80. The summed E-state index contributed by atoms with van der Waals surface area (Å²) in [5.74, 6) is 0.375. The van der Waals surface area contributed by atoms with E-state index in [0.717, 1.165) is 33.3 Å². The van der Waals surface area contributed by atoms with Crippen molar-refractivity contribution >= 4 is 51.8 Å². The Kier molecular flexibility index (Phi) is 6.20. The Morgan fingerprint density at radius 2 is 1.89 bits per heavy atom. The van der Waals surface area contributed by atoms with Crippen molar-refractivity contribution in [3.05, 3.63) is 95.2 Å². The van der Waals surface area contributed by atoms with Crippen LogP contribution in [0.1, 0.15) is 22.5 Å². The lowest BCUT2D eigenvalue weighted by molar-refractivity contribution is -0.121. The van der Waals surface area contributed by atoms with Crippen LogP contribution in [-0.4, -0.2) is 33.4 Å². The van der Waals surface area contributed by atoms with Gasteiger partial charge in [-0.1, -0.05) is 24.3 Å². The first-order valence-corrected chi connectivity index (χ1v) is 12.0. The molecule has 7 nitrogen and oxygen atoms in total. The highest BCUT2D eigenvalue weighted by Crippen LogP contribution is 2.31. The van der Waals surface area contributed by atoms with Crippen molar-refractivity contribution in [2.45, 2.75) is 26.9 Å². The van der Waals surface area contributed by atoms with Crippen molar-refractivity contribution in [2.24, 2.45) is 0 Å². The molecule has 2 aromatic heterocycles. The summed E-state index contributed by atoms with van der Waals surface area (Å²) in [6.45, 7) is 4.52. The zero-order valence-corrected chi connectivity index (χ0v) is 21.1. The lowest BCUT2D eigenvalue weighted by Gasteiger charge is -2.17. The van der Waals surface area contributed by atoms with Crippen molar-refractivity contribution < 1.29 is 14.0 Å². The van der Waals surface area contributed by atoms with Crippen LogP contribution in [-0.2, 0) is 22.7 Å². The molecule has 8 heteroatoms. The van der Waals surface area contributed by atoms with Crippen molar-refractivity contribution in [1.29, 1.82) is 0 Å². The fourth-order valence-electron chi connectivity index (χ4n) is 4.33. The van der Waals surface area contributed by atoms with Gasteiger partial charge in [0.05, 0.1) is 18.5 Å². The summed E-state index contributed by atoms with van der Waals surface area (Å²) >= 11 is 5.64. The molecule has 5 rings (SSSR count). The van der Waals surface area contributed by atoms with Gasteiger partial charge in [-0.2, -0.15) is 0 Å². The Balaban J connectivity index is 1.45. The van der Waals surface area contributed by atoms with E-state index in [1.165, 1.54) is 0 Å². The summed E-state index contributed by atoms with van der Waals surface area (Å²) < 4.78 is 7.17. The van der Waals surface area contributed by atoms with Crippen LogP contribution < -0.4 is 10.2 Å². The molecule has 1 fully saturated rings. The molecule has 2 amide bonds. The Labute approximate surface area is 214 Å². The molecule has 1 saturated heterocycles. The minimum absolute atomic E-state index is 0.137. The lowest BCUT2D eigenvalue weighted by atomic mass is 10.1. The number of likely N-dealkylation sites (N-methyl/N-ethyl adjacent to an activating group) is 1. The number of para-hydroxylation sites is 1. The zero-order chi connectivity index (χ0) is 25.4. The molecule has 36 heavy (non-hydrogen) atoms. The molecule has 0 saturated carbocycles. The molecule has 0 spiro atoms. The Bertz CT molecular complexity index is 1520. The molecule has 1 N–H and O–H groups in total. The quantitative estimate of drug-likeness (QED) is 0.306. The first-order chi connectivity index (χ1) is 17.3. The standard InChI is InChI=1S/C28H26N4O3S/c1-18-10-11-21(13-19(18)2)32-27(34)25(30(3)28(32)36)14-20-16-31(24-9-5-4-8-23(20)24)17-26(33)29-15-22-7-6-12-35-22/h4-14,16H,15,17H2,1-3H3,(H,29,33)/b25-14-. The Hall–Kier alpha value is -4.17. The largest absolute Gasteiger partial charge is 0.467 e. The number of hydrogen-bond donors (Lipinski definition) is 1. The second-order valence-electron chi connectivity index (χ2n) is 8.87. The molecule has 3 heterocycles. The molecule has 0 aliphatic carbocycles. The van der Waals surface area contributed by atoms with Gasteiger partial charge in [0.15, 0.2) is 5.11 Å². The molecule has 182 valence electrons. The van der Waals surface area contributed by atoms with Crippen LogP contribution >= 0.6 is 12.2 Å². The van der Waals surface area contributed by atoms with E-state index in [0.29, 0.717) is 23.1 Å². The van der Waals surface area contributed by atoms with Crippen LogP contribution in [0.3, 0.4) is 0 Å². The molecular formula is C28H26N4O3S. The molecule has 0 bridgehead atoms. The Morgan fingerprint density at radius 3 is 2.64 bits per heavy atom. The highest BCUT2D eigenvalue weighted by atomic mass is 32.1. The minimum atomic E-state index is -0.182. The minimum Gasteiger partial charge on any atom is -0.467 e. The summed E-state index contributed by atoms with van der Waals surface area (Å²) in [5.41, 5.74) is 5.21. The number of anilines is 1. The van der Waals surface area contributed by atoms with Crippen LogP contribution in [0.2, 0.25) is 0 Å². The van der Waals surface area contributed by atoms with E-state index in [2.05, 4.69) is 5.32 Å². The number of carbonyl (C=O) groups excluding carboxylic acids is 2. The lowest BCUT2D eigenvalue weighted by Crippen LogP contribution is -2.31. The maximum atomic E-state index is 13.5. The van der Waals surface area contributed by atoms with Crippen molar-refractivity contribution in [1.82, 2.24) is 14.8 Å². The highest BCUT2D eigenvalue weighted by Gasteiger charge is 2.37. The summed E-state index contributed by atoms with van der Waals surface area (Å²) in [4.78, 5) is 29.4. The molecule has 0 unspecified atom stereocenters. The van der Waals surface area contributed by atoms with E-state index in [4.69, 9.17) is 16.6 Å². The SMILES string of the molecule is Cc1ccc(N2C(=O)/C(=C/c3cn(CC(=O)NCc4ccco4)c4ccccc34)N(C)C2=S)cc1C. The second-order valence-corrected chi connectivity index (χ2v) is 9.23. The fraction of sp³-hybridized carbons (Fsp3) is 0.179. The van der Waals surface area contributed by atoms with E-state index in [9.17, 15) is 9.59 Å². The van der Waals surface area contributed by atoms with E-state index >= 15 is 0 Å². The van der Waals surface area contributed by atoms with E-state index in [-0.39, 0.29) is 18.4 Å². The molecule has 0 radical (unpaired) electrons. The monoisotopic (exact) mass is 498 g/mol. The predicted octanol–water partition coefficient (Wildman–Crippen LogP) is 4.77. The summed E-state index contributed by atoms with van der Waals surface area (Å²) in [6, 6.07) is 17.3. The molecule has 4 aromatic rings. The fourth-order valence-corrected chi connectivity index (χ4v) is 4.61. The maximum Gasteiger partial charge on any atom is 0.281 e. The summed E-state index contributed by atoms with van der Waals surface area (Å²) in [6.07, 6.45) is 5.32. The average Bonchev–Trinajstić information content (AvgIpc) is 3.56. The molecular weight excluding hydrogens is 472 g/mol. The third-order valence-electron chi connectivity index (χ3n) is 6.48. The molecule has 0 atom stereocenters. The van der Waals surface area contributed by atoms with Gasteiger partial charge in [0.1, 0.15) is 18.0 Å². The van der Waals surface area contributed by atoms with Gasteiger partial charge in [0, 0.05) is 29.7 Å². The van der Waals surface area contributed by atoms with Gasteiger partial charge in [-0.25, -0.2) is 0 Å². The van der Waals surface area contributed by atoms with Gasteiger partial charge >= 0.3 is 0 Å². The molecule has 1 aliphatic heterocycles. The second kappa shape index (κ2) is 9.47. The summed E-state index contributed by atoms with van der Waals surface area (Å²) in [5, 5.41) is 4.25. The normalized spacial score (nSPS) is 14.9. The third kappa shape index (κ3) is 4.31. The third-order valence-corrected chi connectivity index (χ3v) is 6.93. The maximum absolute atomic E-state index is 13.5. The number of aryl methyl sites for hydroxylation is 2. The van der Waals surface area contributed by atoms with Gasteiger partial charge in [-0.05, 0) is 73.6 Å². The number of rotatable bonds is 6. The van der Waals surface area contributed by atoms with Gasteiger partial charge in [-0.15, -0.1) is 0 Å². The summed E-state index contributed by atoms with van der Waals surface area (Å²) in [7, 11) is 1.80. The van der Waals surface area contributed by atoms with Gasteiger partial charge in [0.25, 0.3) is 5.91 Å². The van der Waals surface area contributed by atoms with Crippen molar-refractivity contribution in [3.8, 4) is 0 Å². The number of nitrogens with one attached hydrogen (secondary N) is 1. The zero-order valence-electron chi connectivity index (χ0n) is 20.3. The van der Waals surface area contributed by atoms with Gasteiger partial charge in [-0.3, -0.25) is 14.5 Å². The topological polar surface area (TPSA) is 70.7 Å². The van der Waals surface area contributed by atoms with Crippen LogP contribution in [0.25, 0.3) is 17.0 Å². The molecule has 2 aromatic carbocycles. The molecule has 1 aliphatic rings. The van der Waals surface area contributed by atoms with Crippen LogP contribution in [0.5, 0.6) is 0 Å². The number of fused-ring (bicyclic) bond motifs is 1. The number of nitrogens with zero attached hydrogens (tertiary/aromatic N) is 3. The van der Waals surface area contributed by atoms with E-state index in [1.54, 1.807) is 29.2 Å². The average molecular weight is 499 g/mol. The van der Waals surface area contributed by atoms with Crippen molar-refractivity contribution in [3.63, 3.8) is 0 Å². The Morgan fingerprint density at radius 1 is 1.08 bits per heavy atom. The number of amides is 2. The van der Waals surface area contributed by atoms with E-state index in [1.807, 2.05) is 79.2 Å². The number of hydrogen-bond acceptors (Lipinski definition) is 4. The van der Waals surface area contributed by atoms with E-state index < -0.39 is 0 Å².